The van der Waals surface area contributed by atoms with Crippen molar-refractivity contribution in [1.29, 1.82) is 0 Å². The Morgan fingerprint density at radius 2 is 1.79 bits per heavy atom. The minimum absolute atomic E-state index is 0.0975. The first-order valence-electron chi connectivity index (χ1n) is 7.31. The first kappa shape index (κ1) is 18.5. The van der Waals surface area contributed by atoms with Crippen LogP contribution < -0.4 is 15.4 Å². The SMILES string of the molecule is CCCOc1ccccc1C(=O)NC(=S)Nc1c(Cl)cccc1Cl. The minimum Gasteiger partial charge on any atom is -0.493 e. The van der Waals surface area contributed by atoms with Crippen LogP contribution in [0.5, 0.6) is 5.75 Å². The number of para-hydroxylation sites is 2. The molecule has 0 aliphatic heterocycles. The van der Waals surface area contributed by atoms with Crippen molar-refractivity contribution >= 4 is 52.1 Å². The average molecular weight is 383 g/mol. The number of carbonyl (C=O) groups excluding carboxylic acids is 1. The second-order valence-corrected chi connectivity index (χ2v) is 6.07. The molecule has 0 aliphatic rings. The standard InChI is InChI=1S/C17H16Cl2N2O2S/c1-2-10-23-14-9-4-3-6-11(14)16(22)21-17(24)20-15-12(18)7-5-8-13(15)19/h3-9H,2,10H2,1H3,(H2,20,21,22,24). The molecule has 2 rings (SSSR count). The number of hydrogen-bond acceptors (Lipinski definition) is 3. The Bertz CT molecular complexity index is 733. The number of benzene rings is 2. The molecule has 0 unspecified atom stereocenters. The van der Waals surface area contributed by atoms with E-state index in [-0.39, 0.29) is 11.0 Å². The molecule has 24 heavy (non-hydrogen) atoms. The fourth-order valence-corrected chi connectivity index (χ4v) is 2.61. The molecule has 2 aromatic carbocycles. The lowest BCUT2D eigenvalue weighted by Crippen LogP contribution is -2.34. The van der Waals surface area contributed by atoms with E-state index in [1.54, 1.807) is 36.4 Å². The van der Waals surface area contributed by atoms with Gasteiger partial charge < -0.3 is 10.1 Å². The van der Waals surface area contributed by atoms with Gasteiger partial charge >= 0.3 is 0 Å². The third-order valence-corrected chi connectivity index (χ3v) is 3.86. The molecule has 0 aliphatic carbocycles. The maximum atomic E-state index is 12.4. The number of hydrogen-bond donors (Lipinski definition) is 2. The molecule has 7 heteroatoms. The molecule has 0 heterocycles. The molecule has 0 aromatic heterocycles. The van der Waals surface area contributed by atoms with Gasteiger partial charge in [0.25, 0.3) is 5.91 Å². The normalized spacial score (nSPS) is 10.1. The number of anilines is 1. The molecule has 0 atom stereocenters. The van der Waals surface area contributed by atoms with Crippen LogP contribution in [-0.2, 0) is 0 Å². The predicted molar refractivity (Wildman–Crippen MR) is 102 cm³/mol. The molecule has 1 amide bonds. The first-order valence-corrected chi connectivity index (χ1v) is 8.47. The van der Waals surface area contributed by atoms with E-state index in [0.717, 1.165) is 6.42 Å². The van der Waals surface area contributed by atoms with Crippen LogP contribution in [0.4, 0.5) is 5.69 Å². The van der Waals surface area contributed by atoms with Crippen molar-refractivity contribution in [2.45, 2.75) is 13.3 Å². The number of thiocarbonyl (C=S) groups is 1. The van der Waals surface area contributed by atoms with Gasteiger partial charge in [-0.25, -0.2) is 0 Å². The third kappa shape index (κ3) is 4.84. The Labute approximate surface area is 156 Å². The number of amides is 1. The van der Waals surface area contributed by atoms with Gasteiger partial charge in [0.2, 0.25) is 0 Å². The maximum absolute atomic E-state index is 12.4. The van der Waals surface area contributed by atoms with Crippen LogP contribution in [-0.4, -0.2) is 17.6 Å². The fourth-order valence-electron chi connectivity index (χ4n) is 1.92. The van der Waals surface area contributed by atoms with Crippen LogP contribution in [0.1, 0.15) is 23.7 Å². The van der Waals surface area contributed by atoms with Gasteiger partial charge in [-0.2, -0.15) is 0 Å². The summed E-state index contributed by atoms with van der Waals surface area (Å²) in [6.45, 7) is 2.53. The van der Waals surface area contributed by atoms with E-state index in [0.29, 0.717) is 33.7 Å². The summed E-state index contributed by atoms with van der Waals surface area (Å²) >= 11 is 17.3. The Morgan fingerprint density at radius 3 is 2.46 bits per heavy atom. The highest BCUT2D eigenvalue weighted by molar-refractivity contribution is 7.80. The van der Waals surface area contributed by atoms with E-state index < -0.39 is 0 Å². The van der Waals surface area contributed by atoms with Crippen LogP contribution in [0.3, 0.4) is 0 Å². The highest BCUT2D eigenvalue weighted by Crippen LogP contribution is 2.29. The molecular formula is C17H16Cl2N2O2S. The molecule has 2 N–H and O–H groups in total. The van der Waals surface area contributed by atoms with E-state index in [4.69, 9.17) is 40.2 Å². The number of nitrogens with one attached hydrogen (secondary N) is 2. The van der Waals surface area contributed by atoms with Gasteiger partial charge in [-0.15, -0.1) is 0 Å². The summed E-state index contributed by atoms with van der Waals surface area (Å²) < 4.78 is 5.58. The van der Waals surface area contributed by atoms with Gasteiger partial charge in [0.15, 0.2) is 5.11 Å². The Hall–Kier alpha value is -1.82. The second kappa shape index (κ2) is 8.87. The molecule has 0 spiro atoms. The molecule has 2 aromatic rings. The average Bonchev–Trinajstić information content (AvgIpc) is 2.56. The van der Waals surface area contributed by atoms with Gasteiger partial charge in [-0.1, -0.05) is 48.3 Å². The van der Waals surface area contributed by atoms with Crippen molar-refractivity contribution in [3.8, 4) is 5.75 Å². The minimum atomic E-state index is -0.373. The second-order valence-electron chi connectivity index (χ2n) is 4.85. The topological polar surface area (TPSA) is 50.4 Å². The Kier molecular flexibility index (Phi) is 6.85. The zero-order valence-corrected chi connectivity index (χ0v) is 15.3. The van der Waals surface area contributed by atoms with E-state index in [9.17, 15) is 4.79 Å². The summed E-state index contributed by atoms with van der Waals surface area (Å²) in [7, 11) is 0. The van der Waals surface area contributed by atoms with Crippen LogP contribution in [0.15, 0.2) is 42.5 Å². The monoisotopic (exact) mass is 382 g/mol. The van der Waals surface area contributed by atoms with E-state index in [1.165, 1.54) is 0 Å². The molecule has 0 radical (unpaired) electrons. The Balaban J connectivity index is 2.08. The molecule has 0 fully saturated rings. The molecule has 0 saturated heterocycles. The Morgan fingerprint density at radius 1 is 1.12 bits per heavy atom. The summed E-state index contributed by atoms with van der Waals surface area (Å²) in [6, 6.07) is 12.1. The summed E-state index contributed by atoms with van der Waals surface area (Å²) in [5.41, 5.74) is 0.849. The summed E-state index contributed by atoms with van der Waals surface area (Å²) in [6.07, 6.45) is 0.848. The lowest BCUT2D eigenvalue weighted by atomic mass is 10.2. The largest absolute Gasteiger partial charge is 0.493 e. The van der Waals surface area contributed by atoms with Crippen LogP contribution >= 0.6 is 35.4 Å². The molecule has 0 saturated carbocycles. The molecule has 0 bridgehead atoms. The van der Waals surface area contributed by atoms with Gasteiger partial charge in [0.1, 0.15) is 5.75 Å². The van der Waals surface area contributed by atoms with E-state index >= 15 is 0 Å². The smallest absolute Gasteiger partial charge is 0.261 e. The number of carbonyl (C=O) groups is 1. The highest BCUT2D eigenvalue weighted by Gasteiger charge is 2.14. The van der Waals surface area contributed by atoms with Crippen molar-refractivity contribution in [3.05, 3.63) is 58.1 Å². The number of ether oxygens (including phenoxy) is 1. The van der Waals surface area contributed by atoms with Crippen molar-refractivity contribution in [1.82, 2.24) is 5.32 Å². The highest BCUT2D eigenvalue weighted by atomic mass is 35.5. The van der Waals surface area contributed by atoms with E-state index in [2.05, 4.69) is 10.6 Å². The molecule has 126 valence electrons. The van der Waals surface area contributed by atoms with Gasteiger partial charge in [0, 0.05) is 0 Å². The first-order chi connectivity index (χ1) is 11.5. The molecular weight excluding hydrogens is 367 g/mol. The summed E-state index contributed by atoms with van der Waals surface area (Å²) in [5, 5.41) is 6.35. The fraction of sp³-hybridized carbons (Fsp3) is 0.176. The lowest BCUT2D eigenvalue weighted by Gasteiger charge is -2.14. The van der Waals surface area contributed by atoms with Crippen LogP contribution in [0.2, 0.25) is 10.0 Å². The summed E-state index contributed by atoms with van der Waals surface area (Å²) in [4.78, 5) is 12.4. The number of rotatable bonds is 5. The number of halogens is 2. The maximum Gasteiger partial charge on any atom is 0.261 e. The quantitative estimate of drug-likeness (QED) is 0.721. The molecule has 4 nitrogen and oxygen atoms in total. The zero-order valence-electron chi connectivity index (χ0n) is 12.9. The van der Waals surface area contributed by atoms with Gasteiger partial charge in [-0.3, -0.25) is 10.1 Å². The van der Waals surface area contributed by atoms with Crippen molar-refractivity contribution in [2.75, 3.05) is 11.9 Å². The van der Waals surface area contributed by atoms with Crippen LogP contribution in [0.25, 0.3) is 0 Å². The van der Waals surface area contributed by atoms with Crippen molar-refractivity contribution in [3.63, 3.8) is 0 Å². The van der Waals surface area contributed by atoms with Crippen LogP contribution in [0, 0.1) is 0 Å². The zero-order chi connectivity index (χ0) is 17.5. The third-order valence-electron chi connectivity index (χ3n) is 3.02. The predicted octanol–water partition coefficient (Wildman–Crippen LogP) is 4.91. The van der Waals surface area contributed by atoms with Gasteiger partial charge in [0.05, 0.1) is 27.9 Å². The van der Waals surface area contributed by atoms with Crippen molar-refractivity contribution in [2.24, 2.45) is 0 Å². The lowest BCUT2D eigenvalue weighted by molar-refractivity contribution is 0.0973. The van der Waals surface area contributed by atoms with E-state index in [1.807, 2.05) is 13.0 Å². The summed E-state index contributed by atoms with van der Waals surface area (Å²) in [5.74, 6) is 0.137. The van der Waals surface area contributed by atoms with Gasteiger partial charge in [-0.05, 0) is 42.9 Å². The van der Waals surface area contributed by atoms with Crippen molar-refractivity contribution < 1.29 is 9.53 Å².